The second-order valence-electron chi connectivity index (χ2n) is 7.64. The summed E-state index contributed by atoms with van der Waals surface area (Å²) in [6.45, 7) is 11.7. The Bertz CT molecular complexity index is 495. The summed E-state index contributed by atoms with van der Waals surface area (Å²) in [5.41, 5.74) is 0. The van der Waals surface area contributed by atoms with E-state index in [-0.39, 0.29) is 5.92 Å². The molecule has 4 nitrogen and oxygen atoms in total. The molecule has 1 aliphatic rings. The number of amides is 1. The van der Waals surface area contributed by atoms with E-state index in [1.165, 1.54) is 5.82 Å². The van der Waals surface area contributed by atoms with Crippen molar-refractivity contribution in [2.75, 3.05) is 13.1 Å². The minimum absolute atomic E-state index is 0.248. The largest absolute Gasteiger partial charge is 0.342 e. The molecule has 0 unspecified atom stereocenters. The molecule has 2 heterocycles. The summed E-state index contributed by atoms with van der Waals surface area (Å²) in [6, 6.07) is 0. The number of carbonyl (C=O) groups excluding carboxylic acids is 1. The second-order valence-corrected chi connectivity index (χ2v) is 7.64. The van der Waals surface area contributed by atoms with Gasteiger partial charge >= 0.3 is 0 Å². The fourth-order valence-electron chi connectivity index (χ4n) is 3.94. The third-order valence-electron chi connectivity index (χ3n) is 5.27. The molecule has 1 fully saturated rings. The fourth-order valence-corrected chi connectivity index (χ4v) is 3.94. The summed E-state index contributed by atoms with van der Waals surface area (Å²) in [5.74, 6) is 2.96. The second kappa shape index (κ2) is 9.24. The highest BCUT2D eigenvalue weighted by Gasteiger charge is 2.27. The van der Waals surface area contributed by atoms with Gasteiger partial charge in [-0.15, -0.1) is 0 Å². The highest BCUT2D eigenvalue weighted by Crippen LogP contribution is 2.24. The zero-order valence-corrected chi connectivity index (χ0v) is 16.0. The van der Waals surface area contributed by atoms with Gasteiger partial charge in [0.15, 0.2) is 0 Å². The van der Waals surface area contributed by atoms with E-state index in [1.54, 1.807) is 0 Å². The van der Waals surface area contributed by atoms with Gasteiger partial charge in [0.1, 0.15) is 5.82 Å². The Kier molecular flexibility index (Phi) is 7.32. The lowest BCUT2D eigenvalue weighted by atomic mass is 9.92. The van der Waals surface area contributed by atoms with Crippen LogP contribution in [0, 0.1) is 11.8 Å². The molecule has 1 aromatic rings. The molecule has 24 heavy (non-hydrogen) atoms. The van der Waals surface area contributed by atoms with Crippen molar-refractivity contribution >= 4 is 5.91 Å². The highest BCUT2D eigenvalue weighted by atomic mass is 16.2. The van der Waals surface area contributed by atoms with Gasteiger partial charge in [-0.25, -0.2) is 4.98 Å². The van der Waals surface area contributed by atoms with Crippen LogP contribution in [0.5, 0.6) is 0 Å². The average Bonchev–Trinajstić information content (AvgIpc) is 3.03. The third-order valence-corrected chi connectivity index (χ3v) is 5.27. The van der Waals surface area contributed by atoms with Crippen LogP contribution in [0.4, 0.5) is 0 Å². The predicted octanol–water partition coefficient (Wildman–Crippen LogP) is 4.46. The SMILES string of the molecule is CCCC(CCC)C(=O)N1CCC(Cn2ccnc2C(C)C)CC1. The number of hydrogen-bond acceptors (Lipinski definition) is 2. The zero-order valence-electron chi connectivity index (χ0n) is 16.0. The first-order valence-corrected chi connectivity index (χ1v) is 9.86. The van der Waals surface area contributed by atoms with Crippen LogP contribution in [0.1, 0.15) is 78.0 Å². The highest BCUT2D eigenvalue weighted by molar-refractivity contribution is 5.78. The Morgan fingerprint density at radius 3 is 2.38 bits per heavy atom. The summed E-state index contributed by atoms with van der Waals surface area (Å²) in [5, 5.41) is 0. The summed E-state index contributed by atoms with van der Waals surface area (Å²) in [6.07, 6.45) is 10.5. The molecule has 0 radical (unpaired) electrons. The van der Waals surface area contributed by atoms with Crippen LogP contribution in [0.3, 0.4) is 0 Å². The van der Waals surface area contributed by atoms with Gasteiger partial charge in [-0.2, -0.15) is 0 Å². The van der Waals surface area contributed by atoms with Crippen molar-refractivity contribution in [2.45, 2.75) is 78.7 Å². The van der Waals surface area contributed by atoms with E-state index in [1.807, 2.05) is 6.20 Å². The standard InChI is InChI=1S/C20H35N3O/c1-5-7-18(8-6-2)20(24)22-12-9-17(10-13-22)15-23-14-11-21-19(23)16(3)4/h11,14,16-18H,5-10,12-13,15H2,1-4H3. The van der Waals surface area contributed by atoms with Crippen LogP contribution in [-0.4, -0.2) is 33.4 Å². The molecule has 0 atom stereocenters. The predicted molar refractivity (Wildman–Crippen MR) is 98.9 cm³/mol. The number of nitrogens with zero attached hydrogens (tertiary/aromatic N) is 3. The Hall–Kier alpha value is -1.32. The minimum Gasteiger partial charge on any atom is -0.342 e. The van der Waals surface area contributed by atoms with Crippen LogP contribution in [-0.2, 0) is 11.3 Å². The van der Waals surface area contributed by atoms with Gasteiger partial charge in [0.05, 0.1) is 0 Å². The van der Waals surface area contributed by atoms with Crippen molar-refractivity contribution < 1.29 is 4.79 Å². The number of hydrogen-bond donors (Lipinski definition) is 0. The number of aromatic nitrogens is 2. The van der Waals surface area contributed by atoms with Crippen molar-refractivity contribution in [3.8, 4) is 0 Å². The lowest BCUT2D eigenvalue weighted by Crippen LogP contribution is -2.42. The molecule has 0 N–H and O–H groups in total. The van der Waals surface area contributed by atoms with Crippen molar-refractivity contribution in [1.29, 1.82) is 0 Å². The molecule has 1 aliphatic heterocycles. The van der Waals surface area contributed by atoms with Crippen LogP contribution < -0.4 is 0 Å². The summed E-state index contributed by atoms with van der Waals surface area (Å²) < 4.78 is 2.31. The topological polar surface area (TPSA) is 38.1 Å². The molecule has 4 heteroatoms. The van der Waals surface area contributed by atoms with Crippen LogP contribution in [0.25, 0.3) is 0 Å². The molecule has 0 spiro atoms. The lowest BCUT2D eigenvalue weighted by Gasteiger charge is -2.34. The number of likely N-dealkylation sites (tertiary alicyclic amines) is 1. The number of imidazole rings is 1. The molecule has 0 saturated carbocycles. The molecule has 1 aromatic heterocycles. The van der Waals surface area contributed by atoms with Gasteiger partial charge in [-0.3, -0.25) is 4.79 Å². The maximum Gasteiger partial charge on any atom is 0.225 e. The molecule has 0 aliphatic carbocycles. The zero-order chi connectivity index (χ0) is 17.5. The Morgan fingerprint density at radius 1 is 1.21 bits per heavy atom. The summed E-state index contributed by atoms with van der Waals surface area (Å²) in [4.78, 5) is 19.4. The fraction of sp³-hybridized carbons (Fsp3) is 0.800. The lowest BCUT2D eigenvalue weighted by molar-refractivity contribution is -0.137. The molecule has 1 saturated heterocycles. The first-order valence-electron chi connectivity index (χ1n) is 9.86. The van der Waals surface area contributed by atoms with E-state index in [0.29, 0.717) is 17.7 Å². The smallest absolute Gasteiger partial charge is 0.225 e. The van der Waals surface area contributed by atoms with Gasteiger partial charge in [0.2, 0.25) is 5.91 Å². The van der Waals surface area contributed by atoms with Gasteiger partial charge in [-0.05, 0) is 31.6 Å². The maximum absolute atomic E-state index is 12.8. The maximum atomic E-state index is 12.8. The first kappa shape index (κ1) is 19.0. The molecule has 2 rings (SSSR count). The van der Waals surface area contributed by atoms with Crippen LogP contribution in [0.15, 0.2) is 12.4 Å². The molecule has 0 bridgehead atoms. The van der Waals surface area contributed by atoms with E-state index in [9.17, 15) is 4.79 Å². The third kappa shape index (κ3) is 4.84. The van der Waals surface area contributed by atoms with Gasteiger partial charge < -0.3 is 9.47 Å². The monoisotopic (exact) mass is 333 g/mol. The molecular formula is C20H35N3O. The number of rotatable bonds is 8. The van der Waals surface area contributed by atoms with E-state index >= 15 is 0 Å². The van der Waals surface area contributed by atoms with E-state index in [4.69, 9.17) is 0 Å². The van der Waals surface area contributed by atoms with Crippen molar-refractivity contribution in [3.05, 3.63) is 18.2 Å². The van der Waals surface area contributed by atoms with E-state index < -0.39 is 0 Å². The van der Waals surface area contributed by atoms with Crippen molar-refractivity contribution in [3.63, 3.8) is 0 Å². The average molecular weight is 334 g/mol. The molecule has 1 amide bonds. The van der Waals surface area contributed by atoms with Gasteiger partial charge in [0, 0.05) is 43.9 Å². The molecule has 136 valence electrons. The quantitative estimate of drug-likeness (QED) is 0.704. The first-order chi connectivity index (χ1) is 11.6. The normalized spacial score (nSPS) is 16.3. The van der Waals surface area contributed by atoms with Crippen LogP contribution >= 0.6 is 0 Å². The Labute approximate surface area is 147 Å². The summed E-state index contributed by atoms with van der Waals surface area (Å²) >= 11 is 0. The van der Waals surface area contributed by atoms with Crippen molar-refractivity contribution in [1.82, 2.24) is 14.5 Å². The summed E-state index contributed by atoms with van der Waals surface area (Å²) in [7, 11) is 0. The van der Waals surface area contributed by atoms with Crippen molar-refractivity contribution in [2.24, 2.45) is 11.8 Å². The van der Waals surface area contributed by atoms with E-state index in [2.05, 4.69) is 48.3 Å². The van der Waals surface area contributed by atoms with Crippen LogP contribution in [0.2, 0.25) is 0 Å². The minimum atomic E-state index is 0.248. The Balaban J connectivity index is 1.86. The Morgan fingerprint density at radius 2 is 1.83 bits per heavy atom. The van der Waals surface area contributed by atoms with Gasteiger partial charge in [-0.1, -0.05) is 40.5 Å². The van der Waals surface area contributed by atoms with Gasteiger partial charge in [0.25, 0.3) is 0 Å². The molecular weight excluding hydrogens is 298 g/mol. The number of piperidine rings is 1. The number of carbonyl (C=O) groups is 1. The van der Waals surface area contributed by atoms with E-state index in [0.717, 1.165) is 58.2 Å². The molecule has 0 aromatic carbocycles.